The summed E-state index contributed by atoms with van der Waals surface area (Å²) in [4.78, 5) is 2.49. The maximum Gasteiger partial charge on any atom is 0.0632 e. The van der Waals surface area contributed by atoms with E-state index < -0.39 is 5.60 Å². The average Bonchev–Trinajstić information content (AvgIpc) is 2.68. The normalized spacial score (nSPS) is 27.9. The fourth-order valence-corrected chi connectivity index (χ4v) is 2.97. The molecule has 1 saturated heterocycles. The van der Waals surface area contributed by atoms with E-state index in [4.69, 9.17) is 0 Å². The van der Waals surface area contributed by atoms with Gasteiger partial charge in [0.25, 0.3) is 0 Å². The van der Waals surface area contributed by atoms with Gasteiger partial charge in [0.15, 0.2) is 0 Å². The van der Waals surface area contributed by atoms with E-state index in [-0.39, 0.29) is 0 Å². The fraction of sp³-hybridized carbons (Fsp3) is 0.692. The van der Waals surface area contributed by atoms with Crippen molar-refractivity contribution in [2.75, 3.05) is 19.6 Å². The van der Waals surface area contributed by atoms with Crippen LogP contribution in [0.5, 0.6) is 0 Å². The van der Waals surface area contributed by atoms with Gasteiger partial charge < -0.3 is 10.0 Å². The second-order valence-corrected chi connectivity index (χ2v) is 5.85. The predicted molar refractivity (Wildman–Crippen MR) is 68.9 cm³/mol. The standard InChI is InChI=1S/C13H21NOS/c1-13(15)5-2-7-14(9-6-13)8-3-12-4-10-16-11-12/h4,10-11,15H,2-3,5-9H2,1H3. The molecule has 0 radical (unpaired) electrons. The van der Waals surface area contributed by atoms with Crippen LogP contribution in [-0.2, 0) is 6.42 Å². The molecule has 90 valence electrons. The quantitative estimate of drug-likeness (QED) is 0.876. The molecule has 3 heteroatoms. The summed E-state index contributed by atoms with van der Waals surface area (Å²) in [5.74, 6) is 0. The smallest absolute Gasteiger partial charge is 0.0632 e. The van der Waals surface area contributed by atoms with E-state index in [1.54, 1.807) is 11.3 Å². The third kappa shape index (κ3) is 3.58. The number of thiophene rings is 1. The minimum absolute atomic E-state index is 0.433. The van der Waals surface area contributed by atoms with Crippen LogP contribution in [0.2, 0.25) is 0 Å². The molecule has 0 saturated carbocycles. The summed E-state index contributed by atoms with van der Waals surface area (Å²) in [7, 11) is 0. The molecule has 1 fully saturated rings. The van der Waals surface area contributed by atoms with E-state index in [1.807, 2.05) is 6.92 Å². The first-order valence-electron chi connectivity index (χ1n) is 6.12. The van der Waals surface area contributed by atoms with Crippen molar-refractivity contribution in [1.82, 2.24) is 4.90 Å². The van der Waals surface area contributed by atoms with Crippen molar-refractivity contribution in [3.63, 3.8) is 0 Å². The molecule has 1 aromatic heterocycles. The lowest BCUT2D eigenvalue weighted by molar-refractivity contribution is 0.0447. The number of nitrogens with zero attached hydrogens (tertiary/aromatic N) is 1. The Hall–Kier alpha value is -0.380. The summed E-state index contributed by atoms with van der Waals surface area (Å²) >= 11 is 1.77. The molecule has 0 aliphatic carbocycles. The highest BCUT2D eigenvalue weighted by atomic mass is 32.1. The minimum atomic E-state index is -0.433. The highest BCUT2D eigenvalue weighted by Gasteiger charge is 2.24. The second-order valence-electron chi connectivity index (χ2n) is 5.07. The molecule has 16 heavy (non-hydrogen) atoms. The van der Waals surface area contributed by atoms with E-state index in [2.05, 4.69) is 21.7 Å². The average molecular weight is 239 g/mol. The number of aliphatic hydroxyl groups is 1. The lowest BCUT2D eigenvalue weighted by atomic mass is 9.98. The maximum atomic E-state index is 10.00. The van der Waals surface area contributed by atoms with Crippen molar-refractivity contribution < 1.29 is 5.11 Å². The molecule has 1 aromatic rings. The maximum absolute atomic E-state index is 10.00. The third-order valence-electron chi connectivity index (χ3n) is 3.45. The van der Waals surface area contributed by atoms with Crippen molar-refractivity contribution in [3.05, 3.63) is 22.4 Å². The Labute approximate surface area is 102 Å². The summed E-state index contributed by atoms with van der Waals surface area (Å²) in [5, 5.41) is 14.4. The van der Waals surface area contributed by atoms with Crippen LogP contribution in [0.1, 0.15) is 31.7 Å². The van der Waals surface area contributed by atoms with Gasteiger partial charge in [0.2, 0.25) is 0 Å². The van der Waals surface area contributed by atoms with Crippen molar-refractivity contribution >= 4 is 11.3 Å². The molecule has 1 aliphatic rings. The molecule has 1 unspecified atom stereocenters. The second kappa shape index (κ2) is 5.30. The number of hydrogen-bond donors (Lipinski definition) is 1. The third-order valence-corrected chi connectivity index (χ3v) is 4.19. The van der Waals surface area contributed by atoms with Crippen LogP contribution in [0.25, 0.3) is 0 Å². The Bertz CT molecular complexity index is 308. The number of rotatable bonds is 3. The molecule has 0 amide bonds. The largest absolute Gasteiger partial charge is 0.390 e. The topological polar surface area (TPSA) is 23.5 Å². The predicted octanol–water partition coefficient (Wildman–Crippen LogP) is 2.53. The number of hydrogen-bond acceptors (Lipinski definition) is 3. The highest BCUT2D eigenvalue weighted by molar-refractivity contribution is 7.07. The fourth-order valence-electron chi connectivity index (χ4n) is 2.26. The Kier molecular flexibility index (Phi) is 4.00. The molecular formula is C13H21NOS. The van der Waals surface area contributed by atoms with Crippen LogP contribution in [-0.4, -0.2) is 35.2 Å². The van der Waals surface area contributed by atoms with Gasteiger partial charge in [-0.3, -0.25) is 0 Å². The SMILES string of the molecule is CC1(O)CCCN(CCc2ccsc2)CC1. The Balaban J connectivity index is 1.78. The van der Waals surface area contributed by atoms with Gasteiger partial charge in [-0.1, -0.05) is 0 Å². The van der Waals surface area contributed by atoms with Crippen molar-refractivity contribution in [1.29, 1.82) is 0 Å². The zero-order valence-electron chi connectivity index (χ0n) is 9.98. The van der Waals surface area contributed by atoms with E-state index in [1.165, 1.54) is 5.56 Å². The van der Waals surface area contributed by atoms with Crippen LogP contribution in [0.3, 0.4) is 0 Å². The van der Waals surface area contributed by atoms with Crippen LogP contribution in [0.4, 0.5) is 0 Å². The summed E-state index contributed by atoms with van der Waals surface area (Å²) in [6.45, 7) is 5.28. The van der Waals surface area contributed by atoms with Crippen LogP contribution < -0.4 is 0 Å². The van der Waals surface area contributed by atoms with E-state index in [9.17, 15) is 5.11 Å². The van der Waals surface area contributed by atoms with Gasteiger partial charge in [0.1, 0.15) is 0 Å². The molecular weight excluding hydrogens is 218 g/mol. The van der Waals surface area contributed by atoms with Crippen LogP contribution >= 0.6 is 11.3 Å². The Morgan fingerprint density at radius 1 is 1.44 bits per heavy atom. The number of likely N-dealkylation sites (tertiary alicyclic amines) is 1. The molecule has 0 spiro atoms. The Morgan fingerprint density at radius 3 is 3.06 bits per heavy atom. The summed E-state index contributed by atoms with van der Waals surface area (Å²) in [6.07, 6.45) is 4.13. The first-order chi connectivity index (χ1) is 7.66. The van der Waals surface area contributed by atoms with E-state index in [0.29, 0.717) is 0 Å². The lowest BCUT2D eigenvalue weighted by Crippen LogP contribution is -2.29. The molecule has 2 nitrogen and oxygen atoms in total. The molecule has 2 rings (SSSR count). The van der Waals surface area contributed by atoms with Crippen molar-refractivity contribution in [2.45, 2.75) is 38.2 Å². The van der Waals surface area contributed by atoms with Gasteiger partial charge in [-0.05, 0) is 61.5 Å². The molecule has 2 heterocycles. The van der Waals surface area contributed by atoms with Crippen molar-refractivity contribution in [2.24, 2.45) is 0 Å². The van der Waals surface area contributed by atoms with Gasteiger partial charge >= 0.3 is 0 Å². The van der Waals surface area contributed by atoms with Gasteiger partial charge in [0.05, 0.1) is 5.60 Å². The Morgan fingerprint density at radius 2 is 2.31 bits per heavy atom. The van der Waals surface area contributed by atoms with Crippen LogP contribution in [0.15, 0.2) is 16.8 Å². The molecule has 0 bridgehead atoms. The van der Waals surface area contributed by atoms with Gasteiger partial charge in [0, 0.05) is 13.1 Å². The highest BCUT2D eigenvalue weighted by Crippen LogP contribution is 2.21. The first kappa shape index (κ1) is 12.1. The molecule has 0 aromatic carbocycles. The zero-order valence-corrected chi connectivity index (χ0v) is 10.8. The summed E-state index contributed by atoms with van der Waals surface area (Å²) < 4.78 is 0. The zero-order chi connectivity index (χ0) is 11.4. The summed E-state index contributed by atoms with van der Waals surface area (Å²) in [5.41, 5.74) is 1.01. The van der Waals surface area contributed by atoms with E-state index >= 15 is 0 Å². The lowest BCUT2D eigenvalue weighted by Gasteiger charge is -2.22. The van der Waals surface area contributed by atoms with Gasteiger partial charge in [-0.15, -0.1) is 0 Å². The monoisotopic (exact) mass is 239 g/mol. The molecule has 1 atom stereocenters. The van der Waals surface area contributed by atoms with Gasteiger partial charge in [-0.25, -0.2) is 0 Å². The van der Waals surface area contributed by atoms with Crippen LogP contribution in [0, 0.1) is 0 Å². The van der Waals surface area contributed by atoms with E-state index in [0.717, 1.165) is 45.3 Å². The molecule has 1 aliphatic heterocycles. The first-order valence-corrected chi connectivity index (χ1v) is 7.06. The minimum Gasteiger partial charge on any atom is -0.390 e. The summed E-state index contributed by atoms with van der Waals surface area (Å²) in [6, 6.07) is 2.21. The van der Waals surface area contributed by atoms with Gasteiger partial charge in [-0.2, -0.15) is 11.3 Å². The van der Waals surface area contributed by atoms with Crippen molar-refractivity contribution in [3.8, 4) is 0 Å². The molecule has 1 N–H and O–H groups in total.